The van der Waals surface area contributed by atoms with Gasteiger partial charge < -0.3 is 24.6 Å². The number of anilines is 1. The zero-order chi connectivity index (χ0) is 25.5. The molecule has 1 N–H and O–H groups in total. The highest BCUT2D eigenvalue weighted by molar-refractivity contribution is 5.99. The minimum Gasteiger partial charge on any atom is -0.491 e. The monoisotopic (exact) mass is 482 g/mol. The molecule has 0 radical (unpaired) electrons. The second-order valence-corrected chi connectivity index (χ2v) is 9.03. The zero-order valence-electron chi connectivity index (χ0n) is 21.0. The number of hydrogen-bond donors (Lipinski definition) is 1. The Labute approximate surface area is 206 Å². The Morgan fingerprint density at radius 3 is 2.63 bits per heavy atom. The quantitative estimate of drug-likeness (QED) is 0.719. The Morgan fingerprint density at radius 1 is 1.20 bits per heavy atom. The van der Waals surface area contributed by atoms with Gasteiger partial charge in [-0.15, -0.1) is 0 Å². The number of aromatic nitrogens is 1. The van der Waals surface area contributed by atoms with Crippen molar-refractivity contribution in [3.05, 3.63) is 53.9 Å². The summed E-state index contributed by atoms with van der Waals surface area (Å²) in [6.45, 7) is 6.32. The third-order valence-corrected chi connectivity index (χ3v) is 6.14. The number of methoxy groups -OCH3 is 1. The molecule has 9 nitrogen and oxygen atoms in total. The molecular formula is C26H34N4O5. The topological polar surface area (TPSA) is 101 Å². The van der Waals surface area contributed by atoms with E-state index in [1.54, 1.807) is 48.4 Å². The van der Waals surface area contributed by atoms with Crippen molar-refractivity contribution in [2.75, 3.05) is 39.2 Å². The number of ether oxygens (including phenoxy) is 2. The van der Waals surface area contributed by atoms with Crippen molar-refractivity contribution >= 4 is 23.4 Å². The Morgan fingerprint density at radius 2 is 1.97 bits per heavy atom. The van der Waals surface area contributed by atoms with E-state index in [1.807, 2.05) is 32.0 Å². The number of likely N-dealkylation sites (N-methyl/N-ethyl adjacent to an activating group) is 1. The summed E-state index contributed by atoms with van der Waals surface area (Å²) in [5.41, 5.74) is 1.54. The second-order valence-electron chi connectivity index (χ2n) is 9.03. The molecule has 3 atom stereocenters. The lowest BCUT2D eigenvalue weighted by molar-refractivity contribution is -0.134. The number of fused-ring (bicyclic) bond motifs is 1. The maximum atomic E-state index is 13.3. The van der Waals surface area contributed by atoms with Crippen LogP contribution in [0.4, 0.5) is 5.69 Å². The lowest BCUT2D eigenvalue weighted by atomic mass is 10.0. The van der Waals surface area contributed by atoms with Crippen molar-refractivity contribution in [2.24, 2.45) is 5.92 Å². The number of benzene rings is 1. The van der Waals surface area contributed by atoms with Crippen molar-refractivity contribution < 1.29 is 23.9 Å². The normalized spacial score (nSPS) is 21.3. The molecule has 1 aliphatic heterocycles. The number of hydrogen-bond acceptors (Lipinski definition) is 6. The lowest BCUT2D eigenvalue weighted by Crippen LogP contribution is -2.49. The van der Waals surface area contributed by atoms with Crippen LogP contribution in [0.2, 0.25) is 0 Å². The smallest absolute Gasteiger partial charge is 0.257 e. The lowest BCUT2D eigenvalue weighted by Gasteiger charge is -2.36. The van der Waals surface area contributed by atoms with Gasteiger partial charge in [-0.1, -0.05) is 13.0 Å². The Balaban J connectivity index is 1.94. The molecule has 35 heavy (non-hydrogen) atoms. The van der Waals surface area contributed by atoms with E-state index in [0.29, 0.717) is 35.8 Å². The summed E-state index contributed by atoms with van der Waals surface area (Å²) < 4.78 is 11.8. The fourth-order valence-electron chi connectivity index (χ4n) is 4.16. The highest BCUT2D eigenvalue weighted by Gasteiger charge is 2.30. The summed E-state index contributed by atoms with van der Waals surface area (Å²) in [5, 5.41) is 2.71. The number of nitrogens with zero attached hydrogens (tertiary/aromatic N) is 3. The number of nitrogens with one attached hydrogen (secondary N) is 1. The van der Waals surface area contributed by atoms with E-state index < -0.39 is 0 Å². The molecule has 1 aliphatic rings. The highest BCUT2D eigenvalue weighted by Crippen LogP contribution is 2.26. The van der Waals surface area contributed by atoms with Crippen molar-refractivity contribution in [1.29, 1.82) is 0 Å². The summed E-state index contributed by atoms with van der Waals surface area (Å²) in [7, 11) is 3.31. The molecule has 0 spiro atoms. The maximum absolute atomic E-state index is 13.3. The van der Waals surface area contributed by atoms with Crippen molar-refractivity contribution in [3.8, 4) is 5.75 Å². The highest BCUT2D eigenvalue weighted by atomic mass is 16.5. The first-order valence-corrected chi connectivity index (χ1v) is 11.7. The van der Waals surface area contributed by atoms with Gasteiger partial charge in [-0.2, -0.15) is 0 Å². The van der Waals surface area contributed by atoms with Crippen LogP contribution in [0.15, 0.2) is 42.6 Å². The molecule has 1 aromatic heterocycles. The van der Waals surface area contributed by atoms with Gasteiger partial charge in [-0.3, -0.25) is 19.4 Å². The van der Waals surface area contributed by atoms with E-state index in [4.69, 9.17) is 9.47 Å². The summed E-state index contributed by atoms with van der Waals surface area (Å²) in [6, 6.07) is 10.2. The van der Waals surface area contributed by atoms with Gasteiger partial charge in [0.05, 0.1) is 24.1 Å². The number of carbonyl (C=O) groups is 3. The number of rotatable bonds is 4. The summed E-state index contributed by atoms with van der Waals surface area (Å²) in [6.07, 6.45) is 1.57. The van der Waals surface area contributed by atoms with E-state index in [2.05, 4.69) is 10.3 Å². The van der Waals surface area contributed by atoms with Crippen LogP contribution < -0.4 is 10.1 Å². The van der Waals surface area contributed by atoms with Crippen LogP contribution in [0, 0.1) is 5.92 Å². The molecule has 2 aromatic rings. The summed E-state index contributed by atoms with van der Waals surface area (Å²) >= 11 is 0. The standard InChI is InChI=1S/C26H34N4O5/c1-17-14-30(25(32)13-20-8-6-7-11-27-20)18(2)16-35-23-10-9-21(28-19(3)31)12-22(23)26(33)29(4)15-24(17)34-5/h6-12,17-18,24H,13-16H2,1-5H3,(H,28,31)/t17-,18-,24-/m1/s1. The summed E-state index contributed by atoms with van der Waals surface area (Å²) in [4.78, 5) is 45.9. The van der Waals surface area contributed by atoms with Crippen LogP contribution >= 0.6 is 0 Å². The molecule has 9 heteroatoms. The average Bonchev–Trinajstić information content (AvgIpc) is 2.83. The molecule has 0 saturated heterocycles. The fourth-order valence-corrected chi connectivity index (χ4v) is 4.16. The van der Waals surface area contributed by atoms with E-state index in [0.717, 1.165) is 0 Å². The van der Waals surface area contributed by atoms with Gasteiger partial charge in [0.2, 0.25) is 11.8 Å². The zero-order valence-corrected chi connectivity index (χ0v) is 21.0. The van der Waals surface area contributed by atoms with Gasteiger partial charge >= 0.3 is 0 Å². The SMILES string of the molecule is CO[C@@H]1CN(C)C(=O)c2cc(NC(C)=O)ccc2OC[C@@H](C)N(C(=O)Cc2ccccn2)C[C@H]1C. The van der Waals surface area contributed by atoms with Gasteiger partial charge in [-0.25, -0.2) is 0 Å². The van der Waals surface area contributed by atoms with Gasteiger partial charge in [0.1, 0.15) is 12.4 Å². The molecule has 0 bridgehead atoms. The predicted molar refractivity (Wildman–Crippen MR) is 132 cm³/mol. The summed E-state index contributed by atoms with van der Waals surface area (Å²) in [5.74, 6) is -0.178. The average molecular weight is 483 g/mol. The molecule has 2 heterocycles. The van der Waals surface area contributed by atoms with E-state index in [-0.39, 0.29) is 48.8 Å². The fraction of sp³-hybridized carbons (Fsp3) is 0.462. The van der Waals surface area contributed by atoms with Crippen molar-refractivity contribution in [1.82, 2.24) is 14.8 Å². The molecular weight excluding hydrogens is 448 g/mol. The largest absolute Gasteiger partial charge is 0.491 e. The van der Waals surface area contributed by atoms with Crippen LogP contribution in [-0.2, 0) is 20.7 Å². The Bertz CT molecular complexity index is 1050. The van der Waals surface area contributed by atoms with Gasteiger partial charge in [0.15, 0.2) is 0 Å². The number of carbonyl (C=O) groups excluding carboxylic acids is 3. The van der Waals surface area contributed by atoms with Crippen LogP contribution in [0.1, 0.15) is 36.8 Å². The third kappa shape index (κ3) is 6.79. The Kier molecular flexibility index (Phi) is 8.81. The van der Waals surface area contributed by atoms with Gasteiger partial charge in [0, 0.05) is 57.7 Å². The van der Waals surface area contributed by atoms with Crippen molar-refractivity contribution in [2.45, 2.75) is 39.3 Å². The van der Waals surface area contributed by atoms with Crippen LogP contribution in [-0.4, -0.2) is 78.5 Å². The third-order valence-electron chi connectivity index (χ3n) is 6.14. The molecule has 188 valence electrons. The van der Waals surface area contributed by atoms with Crippen molar-refractivity contribution in [3.63, 3.8) is 0 Å². The molecule has 0 fully saturated rings. The molecule has 0 aliphatic carbocycles. The molecule has 1 aromatic carbocycles. The molecule has 0 unspecified atom stereocenters. The first kappa shape index (κ1) is 26.2. The molecule has 0 saturated carbocycles. The number of pyridine rings is 1. The number of amides is 3. The van der Waals surface area contributed by atoms with Crippen LogP contribution in [0.3, 0.4) is 0 Å². The first-order chi connectivity index (χ1) is 16.7. The van der Waals surface area contributed by atoms with E-state index in [9.17, 15) is 14.4 Å². The first-order valence-electron chi connectivity index (χ1n) is 11.7. The van der Waals surface area contributed by atoms with Crippen LogP contribution in [0.5, 0.6) is 5.75 Å². The van der Waals surface area contributed by atoms with E-state index >= 15 is 0 Å². The minimum atomic E-state index is -0.288. The maximum Gasteiger partial charge on any atom is 0.257 e. The second kappa shape index (κ2) is 11.8. The Hall–Kier alpha value is -3.46. The predicted octanol–water partition coefficient (Wildman–Crippen LogP) is 2.62. The van der Waals surface area contributed by atoms with E-state index in [1.165, 1.54) is 6.92 Å². The van der Waals surface area contributed by atoms with Gasteiger partial charge in [0.25, 0.3) is 5.91 Å². The van der Waals surface area contributed by atoms with Gasteiger partial charge in [-0.05, 0) is 37.3 Å². The van der Waals surface area contributed by atoms with Crippen LogP contribution in [0.25, 0.3) is 0 Å². The minimum absolute atomic E-state index is 0.0463. The molecule has 3 rings (SSSR count). The molecule has 3 amide bonds.